The van der Waals surface area contributed by atoms with Crippen molar-refractivity contribution in [3.05, 3.63) is 35.4 Å². The summed E-state index contributed by atoms with van der Waals surface area (Å²) in [5, 5.41) is 19.9. The first kappa shape index (κ1) is 11.5. The van der Waals surface area contributed by atoms with Crippen LogP contribution >= 0.6 is 0 Å². The van der Waals surface area contributed by atoms with E-state index in [1.54, 1.807) is 18.2 Å². The lowest BCUT2D eigenvalue weighted by Crippen LogP contribution is -2.13. The van der Waals surface area contributed by atoms with Crippen LogP contribution in [-0.2, 0) is 11.3 Å². The second-order valence-corrected chi connectivity index (χ2v) is 2.96. The molecule has 5 nitrogen and oxygen atoms in total. The van der Waals surface area contributed by atoms with Crippen LogP contribution in [0.15, 0.2) is 29.4 Å². The molecule has 82 valence electrons. The molecule has 0 spiro atoms. The van der Waals surface area contributed by atoms with Crippen LogP contribution in [0.1, 0.15) is 11.1 Å². The summed E-state index contributed by atoms with van der Waals surface area (Å²) in [6, 6.07) is 7.17. The number of aliphatic hydroxyl groups excluding tert-OH is 1. The molecule has 5 heteroatoms. The van der Waals surface area contributed by atoms with Crippen LogP contribution in [0.3, 0.4) is 0 Å². The maximum absolute atomic E-state index is 8.53. The molecule has 1 rings (SSSR count). The zero-order chi connectivity index (χ0) is 11.1. The molecule has 0 aliphatic carbocycles. The predicted molar refractivity (Wildman–Crippen MR) is 55.7 cm³/mol. The fourth-order valence-electron chi connectivity index (χ4n) is 1.13. The van der Waals surface area contributed by atoms with Gasteiger partial charge in [-0.1, -0.05) is 23.4 Å². The summed E-state index contributed by atoms with van der Waals surface area (Å²) in [6.07, 6.45) is 0. The third-order valence-electron chi connectivity index (χ3n) is 1.83. The average molecular weight is 210 g/mol. The molecule has 4 N–H and O–H groups in total. The van der Waals surface area contributed by atoms with Gasteiger partial charge in [0.1, 0.15) is 0 Å². The van der Waals surface area contributed by atoms with Crippen molar-refractivity contribution in [3.8, 4) is 0 Å². The number of benzene rings is 1. The lowest BCUT2D eigenvalue weighted by Gasteiger charge is -2.04. The van der Waals surface area contributed by atoms with Crippen LogP contribution in [0.25, 0.3) is 0 Å². The quantitative estimate of drug-likeness (QED) is 0.214. The summed E-state index contributed by atoms with van der Waals surface area (Å²) in [6.45, 7) is 0.695. The standard InChI is InChI=1S/C10H14N2O3/c11-10(12-14)9-3-1-2-8(6-9)7-15-5-4-13/h1-3,6,13-14H,4-5,7H2,(H2,11,12). The van der Waals surface area contributed by atoms with Crippen LogP contribution in [0.2, 0.25) is 0 Å². The van der Waals surface area contributed by atoms with E-state index in [-0.39, 0.29) is 12.4 Å². The largest absolute Gasteiger partial charge is 0.409 e. The van der Waals surface area contributed by atoms with Gasteiger partial charge in [-0.05, 0) is 11.6 Å². The van der Waals surface area contributed by atoms with E-state index in [9.17, 15) is 0 Å². The molecular weight excluding hydrogens is 196 g/mol. The van der Waals surface area contributed by atoms with E-state index in [0.717, 1.165) is 5.56 Å². The molecule has 0 saturated heterocycles. The first-order valence-corrected chi connectivity index (χ1v) is 4.53. The van der Waals surface area contributed by atoms with Gasteiger partial charge in [-0.25, -0.2) is 0 Å². The van der Waals surface area contributed by atoms with Crippen molar-refractivity contribution in [2.45, 2.75) is 6.61 Å². The molecule has 0 aliphatic rings. The minimum atomic E-state index is -0.0000715. The molecular formula is C10H14N2O3. The van der Waals surface area contributed by atoms with E-state index < -0.39 is 0 Å². The number of nitrogens with two attached hydrogens (primary N) is 1. The number of oxime groups is 1. The SMILES string of the molecule is N/C(=N\O)c1cccc(COCCO)c1. The van der Waals surface area contributed by atoms with Gasteiger partial charge >= 0.3 is 0 Å². The highest BCUT2D eigenvalue weighted by Gasteiger charge is 2.00. The lowest BCUT2D eigenvalue weighted by molar-refractivity contribution is 0.0815. The Bertz CT molecular complexity index is 339. The zero-order valence-corrected chi connectivity index (χ0v) is 8.26. The molecule has 0 bridgehead atoms. The highest BCUT2D eigenvalue weighted by molar-refractivity contribution is 5.97. The first-order chi connectivity index (χ1) is 7.27. The van der Waals surface area contributed by atoms with E-state index in [1.165, 1.54) is 0 Å². The maximum Gasteiger partial charge on any atom is 0.170 e. The molecule has 0 saturated carbocycles. The number of aliphatic hydroxyl groups is 1. The van der Waals surface area contributed by atoms with Crippen molar-refractivity contribution in [3.63, 3.8) is 0 Å². The number of rotatable bonds is 5. The van der Waals surface area contributed by atoms with Crippen molar-refractivity contribution < 1.29 is 15.1 Å². The Morgan fingerprint density at radius 3 is 2.93 bits per heavy atom. The number of ether oxygens (including phenoxy) is 1. The average Bonchev–Trinajstić information content (AvgIpc) is 2.29. The number of amidine groups is 1. The summed E-state index contributed by atoms with van der Waals surface area (Å²) in [5.41, 5.74) is 6.99. The molecule has 1 aromatic carbocycles. The van der Waals surface area contributed by atoms with Crippen LogP contribution in [0, 0.1) is 0 Å². The Kier molecular flexibility index (Phi) is 4.59. The van der Waals surface area contributed by atoms with Gasteiger partial charge in [0, 0.05) is 5.56 Å². The second kappa shape index (κ2) is 6.00. The van der Waals surface area contributed by atoms with E-state index in [2.05, 4.69) is 5.16 Å². The first-order valence-electron chi connectivity index (χ1n) is 4.53. The van der Waals surface area contributed by atoms with Crippen LogP contribution in [-0.4, -0.2) is 29.4 Å². The van der Waals surface area contributed by atoms with Gasteiger partial charge < -0.3 is 20.8 Å². The van der Waals surface area contributed by atoms with Crippen molar-refractivity contribution in [1.29, 1.82) is 0 Å². The highest BCUT2D eigenvalue weighted by Crippen LogP contribution is 2.06. The van der Waals surface area contributed by atoms with E-state index in [4.69, 9.17) is 20.8 Å². The number of nitrogens with zero attached hydrogens (tertiary/aromatic N) is 1. The van der Waals surface area contributed by atoms with Crippen molar-refractivity contribution in [1.82, 2.24) is 0 Å². The van der Waals surface area contributed by atoms with Gasteiger partial charge in [0.15, 0.2) is 5.84 Å². The van der Waals surface area contributed by atoms with Crippen molar-refractivity contribution >= 4 is 5.84 Å². The van der Waals surface area contributed by atoms with E-state index >= 15 is 0 Å². The normalized spacial score (nSPS) is 11.7. The van der Waals surface area contributed by atoms with Gasteiger partial charge in [0.25, 0.3) is 0 Å². The summed E-state index contributed by atoms with van der Waals surface area (Å²) in [4.78, 5) is 0. The zero-order valence-electron chi connectivity index (χ0n) is 8.26. The summed E-state index contributed by atoms with van der Waals surface area (Å²) >= 11 is 0. The maximum atomic E-state index is 8.53. The molecule has 0 radical (unpaired) electrons. The molecule has 0 aromatic heterocycles. The van der Waals surface area contributed by atoms with Crippen LogP contribution in [0.4, 0.5) is 0 Å². The van der Waals surface area contributed by atoms with Crippen molar-refractivity contribution in [2.75, 3.05) is 13.2 Å². The van der Waals surface area contributed by atoms with Gasteiger partial charge in [0.05, 0.1) is 19.8 Å². The molecule has 0 atom stereocenters. The summed E-state index contributed by atoms with van der Waals surface area (Å²) in [7, 11) is 0. The third-order valence-corrected chi connectivity index (χ3v) is 1.83. The van der Waals surface area contributed by atoms with E-state index in [0.29, 0.717) is 18.8 Å². The second-order valence-electron chi connectivity index (χ2n) is 2.96. The Labute approximate surface area is 87.8 Å². The lowest BCUT2D eigenvalue weighted by atomic mass is 10.1. The Balaban J connectivity index is 2.66. The monoisotopic (exact) mass is 210 g/mol. The Morgan fingerprint density at radius 2 is 2.27 bits per heavy atom. The molecule has 15 heavy (non-hydrogen) atoms. The Hall–Kier alpha value is -1.59. The van der Waals surface area contributed by atoms with Gasteiger partial charge in [-0.15, -0.1) is 0 Å². The van der Waals surface area contributed by atoms with Crippen molar-refractivity contribution in [2.24, 2.45) is 10.9 Å². The molecule has 1 aromatic rings. The summed E-state index contributed by atoms with van der Waals surface area (Å²) in [5.74, 6) is 0.0685. The number of hydrogen-bond donors (Lipinski definition) is 3. The topological polar surface area (TPSA) is 88.1 Å². The molecule has 0 aliphatic heterocycles. The minimum Gasteiger partial charge on any atom is -0.409 e. The molecule has 0 amide bonds. The van der Waals surface area contributed by atoms with Crippen LogP contribution in [0.5, 0.6) is 0 Å². The fourth-order valence-corrected chi connectivity index (χ4v) is 1.13. The minimum absolute atomic E-state index is 0.0000715. The molecule has 0 fully saturated rings. The van der Waals surface area contributed by atoms with Crippen LogP contribution < -0.4 is 5.73 Å². The van der Waals surface area contributed by atoms with E-state index in [1.807, 2.05) is 6.07 Å². The smallest absolute Gasteiger partial charge is 0.170 e. The molecule has 0 heterocycles. The third kappa shape index (κ3) is 3.57. The van der Waals surface area contributed by atoms with Gasteiger partial charge in [-0.2, -0.15) is 0 Å². The summed E-state index contributed by atoms with van der Waals surface area (Å²) < 4.78 is 5.14. The van der Waals surface area contributed by atoms with Gasteiger partial charge in [0.2, 0.25) is 0 Å². The number of hydrogen-bond acceptors (Lipinski definition) is 4. The molecule has 0 unspecified atom stereocenters. The predicted octanol–water partition coefficient (Wildman–Crippen LogP) is 0.290. The fraction of sp³-hybridized carbons (Fsp3) is 0.300. The van der Waals surface area contributed by atoms with Gasteiger partial charge in [-0.3, -0.25) is 0 Å². The highest BCUT2D eigenvalue weighted by atomic mass is 16.5. The Morgan fingerprint density at radius 1 is 1.47 bits per heavy atom.